The summed E-state index contributed by atoms with van der Waals surface area (Å²) in [5.41, 5.74) is 5.50. The van der Waals surface area contributed by atoms with Gasteiger partial charge in [0.2, 0.25) is 5.95 Å². The average Bonchev–Trinajstić information content (AvgIpc) is 3.31. The van der Waals surface area contributed by atoms with Gasteiger partial charge in [-0.15, -0.1) is 11.8 Å². The van der Waals surface area contributed by atoms with Gasteiger partial charge in [0, 0.05) is 16.0 Å². The van der Waals surface area contributed by atoms with E-state index >= 15 is 0 Å². The third-order valence-corrected chi connectivity index (χ3v) is 6.60. The molecule has 2 aliphatic rings. The van der Waals surface area contributed by atoms with E-state index < -0.39 is 0 Å². The van der Waals surface area contributed by atoms with Gasteiger partial charge < -0.3 is 10.1 Å². The molecule has 5 nitrogen and oxygen atoms in total. The van der Waals surface area contributed by atoms with Gasteiger partial charge in [-0.05, 0) is 41.6 Å². The minimum Gasteiger partial charge on any atom is -0.480 e. The predicted molar refractivity (Wildman–Crippen MR) is 123 cm³/mol. The highest BCUT2D eigenvalue weighted by Gasteiger charge is 2.40. The first-order valence-electron chi connectivity index (χ1n) is 10.2. The quantitative estimate of drug-likeness (QED) is 0.437. The second kappa shape index (κ2) is 7.32. The van der Waals surface area contributed by atoms with E-state index in [1.54, 1.807) is 18.1 Å². The fourth-order valence-electron chi connectivity index (χ4n) is 4.43. The minimum absolute atomic E-state index is 0.117. The van der Waals surface area contributed by atoms with Crippen molar-refractivity contribution in [1.82, 2.24) is 14.8 Å². The average molecular weight is 425 g/mol. The van der Waals surface area contributed by atoms with E-state index in [2.05, 4.69) is 76.3 Å². The smallest absolute Gasteiger partial charge is 0.226 e. The van der Waals surface area contributed by atoms with Crippen LogP contribution in [0.5, 0.6) is 5.75 Å². The normalized spacial score (nSPS) is 19.0. The van der Waals surface area contributed by atoms with Crippen LogP contribution in [0.25, 0.3) is 5.70 Å². The van der Waals surface area contributed by atoms with Crippen LogP contribution >= 0.6 is 11.8 Å². The van der Waals surface area contributed by atoms with Crippen LogP contribution < -0.4 is 10.1 Å². The number of hydrogen-bond donors (Lipinski definition) is 1. The first kappa shape index (κ1) is 18.3. The van der Waals surface area contributed by atoms with Crippen molar-refractivity contribution in [3.05, 3.63) is 107 Å². The maximum Gasteiger partial charge on any atom is 0.226 e. The Morgan fingerprint density at radius 2 is 1.68 bits per heavy atom. The Hall–Kier alpha value is -3.51. The molecule has 1 aromatic heterocycles. The van der Waals surface area contributed by atoms with Gasteiger partial charge in [-0.25, -0.2) is 4.68 Å². The highest BCUT2D eigenvalue weighted by molar-refractivity contribution is 7.98. The van der Waals surface area contributed by atoms with Crippen molar-refractivity contribution in [2.24, 2.45) is 0 Å². The molecule has 2 atom stereocenters. The second-order valence-corrected chi connectivity index (χ2v) is 8.44. The third kappa shape index (κ3) is 2.94. The zero-order valence-corrected chi connectivity index (χ0v) is 17.7. The van der Waals surface area contributed by atoms with Crippen molar-refractivity contribution in [2.75, 3.05) is 11.6 Å². The summed E-state index contributed by atoms with van der Waals surface area (Å²) >= 11 is 1.74. The molecule has 0 amide bonds. The zero-order chi connectivity index (χ0) is 20.8. The van der Waals surface area contributed by atoms with Crippen molar-refractivity contribution in [2.45, 2.75) is 17.0 Å². The van der Waals surface area contributed by atoms with Gasteiger partial charge in [0.15, 0.2) is 0 Å². The van der Waals surface area contributed by atoms with Gasteiger partial charge in [-0.3, -0.25) is 0 Å². The molecule has 6 rings (SSSR count). The van der Waals surface area contributed by atoms with Gasteiger partial charge in [-0.1, -0.05) is 54.6 Å². The Morgan fingerprint density at radius 1 is 0.903 bits per heavy atom. The number of nitrogens with zero attached hydrogens (tertiary/aromatic N) is 3. The molecule has 0 bridgehead atoms. The molecule has 31 heavy (non-hydrogen) atoms. The van der Waals surface area contributed by atoms with Gasteiger partial charge in [-0.2, -0.15) is 10.1 Å². The highest BCUT2D eigenvalue weighted by atomic mass is 32.2. The van der Waals surface area contributed by atoms with Gasteiger partial charge in [0.1, 0.15) is 24.2 Å². The number of ether oxygens (including phenoxy) is 1. The van der Waals surface area contributed by atoms with E-state index in [0.29, 0.717) is 0 Å². The van der Waals surface area contributed by atoms with E-state index in [9.17, 15) is 0 Å². The molecule has 3 heterocycles. The molecule has 2 unspecified atom stereocenters. The molecule has 3 aromatic carbocycles. The topological polar surface area (TPSA) is 52.0 Å². The van der Waals surface area contributed by atoms with Crippen LogP contribution in [0.15, 0.2) is 95.7 Å². The minimum atomic E-state index is -0.240. The first-order chi connectivity index (χ1) is 15.3. The number of fused-ring (bicyclic) bond motifs is 3. The lowest BCUT2D eigenvalue weighted by molar-refractivity contribution is 0.223. The van der Waals surface area contributed by atoms with E-state index in [0.717, 1.165) is 39.7 Å². The first-order valence-corrected chi connectivity index (χ1v) is 11.4. The lowest BCUT2D eigenvalue weighted by Gasteiger charge is -2.39. The molecule has 0 spiro atoms. The Bertz CT molecular complexity index is 1280. The van der Waals surface area contributed by atoms with E-state index in [4.69, 9.17) is 4.74 Å². The number of aromatic nitrogens is 3. The molecule has 2 aliphatic heterocycles. The molecular weight excluding hydrogens is 404 g/mol. The highest BCUT2D eigenvalue weighted by Crippen LogP contribution is 2.50. The van der Waals surface area contributed by atoms with Gasteiger partial charge in [0.05, 0.1) is 5.70 Å². The summed E-state index contributed by atoms with van der Waals surface area (Å²) in [4.78, 5) is 5.71. The SMILES string of the molecule is CSc1ccc(C2Oc3ccccc3C3=C2C(c2ccccc2)n2ncnc2N3)cc1. The lowest BCUT2D eigenvalue weighted by atomic mass is 9.84. The lowest BCUT2D eigenvalue weighted by Crippen LogP contribution is -2.32. The summed E-state index contributed by atoms with van der Waals surface area (Å²) in [5, 5.41) is 8.11. The van der Waals surface area contributed by atoms with E-state index in [-0.39, 0.29) is 12.1 Å². The summed E-state index contributed by atoms with van der Waals surface area (Å²) in [7, 11) is 0. The number of para-hydroxylation sites is 1. The number of anilines is 1. The van der Waals surface area contributed by atoms with Crippen LogP contribution in [-0.4, -0.2) is 21.0 Å². The molecule has 152 valence electrons. The number of nitrogens with one attached hydrogen (secondary N) is 1. The molecule has 4 aromatic rings. The Balaban J connectivity index is 1.60. The molecule has 6 heteroatoms. The van der Waals surface area contributed by atoms with Crippen molar-refractivity contribution < 1.29 is 4.74 Å². The Kier molecular flexibility index (Phi) is 4.32. The predicted octanol–water partition coefficient (Wildman–Crippen LogP) is 5.56. The molecular formula is C25H20N4OS. The zero-order valence-electron chi connectivity index (χ0n) is 16.9. The van der Waals surface area contributed by atoms with Crippen LogP contribution in [-0.2, 0) is 0 Å². The summed E-state index contributed by atoms with van der Waals surface area (Å²) < 4.78 is 8.59. The maximum absolute atomic E-state index is 6.64. The molecule has 0 saturated heterocycles. The molecule has 0 aliphatic carbocycles. The summed E-state index contributed by atoms with van der Waals surface area (Å²) in [6.07, 6.45) is 3.45. The molecule has 0 radical (unpaired) electrons. The van der Waals surface area contributed by atoms with Crippen LogP contribution in [0.1, 0.15) is 28.8 Å². The van der Waals surface area contributed by atoms with Crippen molar-refractivity contribution >= 4 is 23.4 Å². The summed E-state index contributed by atoms with van der Waals surface area (Å²) in [5.74, 6) is 1.60. The number of hydrogen-bond acceptors (Lipinski definition) is 5. The van der Waals surface area contributed by atoms with Crippen molar-refractivity contribution in [1.29, 1.82) is 0 Å². The van der Waals surface area contributed by atoms with Crippen LogP contribution in [0, 0.1) is 0 Å². The molecule has 0 fully saturated rings. The molecule has 0 saturated carbocycles. The maximum atomic E-state index is 6.64. The Labute approximate surface area is 184 Å². The largest absolute Gasteiger partial charge is 0.480 e. The van der Waals surface area contributed by atoms with Crippen LogP contribution in [0.4, 0.5) is 5.95 Å². The van der Waals surface area contributed by atoms with Crippen LogP contribution in [0.2, 0.25) is 0 Å². The fraction of sp³-hybridized carbons (Fsp3) is 0.120. The number of rotatable bonds is 3. The standard InChI is InChI=1S/C25H20N4OS/c1-31-18-13-11-17(12-14-18)24-21-22(19-9-5-6-10-20(19)30-24)28-25-26-15-27-29(25)23(21)16-7-3-2-4-8-16/h2-15,23-24H,1H3,(H,26,27,28). The van der Waals surface area contributed by atoms with Gasteiger partial charge >= 0.3 is 0 Å². The van der Waals surface area contributed by atoms with E-state index in [1.165, 1.54) is 4.90 Å². The van der Waals surface area contributed by atoms with Gasteiger partial charge in [0.25, 0.3) is 0 Å². The fourth-order valence-corrected chi connectivity index (χ4v) is 4.84. The third-order valence-electron chi connectivity index (χ3n) is 5.86. The second-order valence-electron chi connectivity index (χ2n) is 7.56. The Morgan fingerprint density at radius 3 is 2.48 bits per heavy atom. The summed E-state index contributed by atoms with van der Waals surface area (Å²) in [6.45, 7) is 0. The van der Waals surface area contributed by atoms with Crippen LogP contribution in [0.3, 0.4) is 0 Å². The van der Waals surface area contributed by atoms with Crippen molar-refractivity contribution in [3.8, 4) is 5.75 Å². The number of benzene rings is 3. The molecule has 1 N–H and O–H groups in total. The van der Waals surface area contributed by atoms with E-state index in [1.807, 2.05) is 28.9 Å². The summed E-state index contributed by atoms with van der Waals surface area (Å²) in [6, 6.07) is 27.1. The monoisotopic (exact) mass is 424 g/mol. The van der Waals surface area contributed by atoms with Crippen molar-refractivity contribution in [3.63, 3.8) is 0 Å². The number of thioether (sulfide) groups is 1.